The molecule has 4 aliphatic carbocycles. The van der Waals surface area contributed by atoms with Crippen LogP contribution in [0.5, 0.6) is 0 Å². The highest BCUT2D eigenvalue weighted by Gasteiger charge is 2.61. The second-order valence-corrected chi connectivity index (χ2v) is 9.97. The van der Waals surface area contributed by atoms with Gasteiger partial charge in [0.05, 0.1) is 18.2 Å². The first-order valence-electron chi connectivity index (χ1n) is 11.6. The van der Waals surface area contributed by atoms with E-state index >= 15 is 0 Å². The fourth-order valence-electron chi connectivity index (χ4n) is 7.10. The smallest absolute Gasteiger partial charge is 0.334 e. The summed E-state index contributed by atoms with van der Waals surface area (Å²) >= 11 is 0. The molecule has 0 amide bonds. The van der Waals surface area contributed by atoms with Gasteiger partial charge in [-0.15, -0.1) is 0 Å². The number of rotatable bonds is 5. The average Bonchev–Trinajstić information content (AvgIpc) is 3.03. The lowest BCUT2D eigenvalue weighted by molar-refractivity contribution is -0.144. The number of carbonyl (C=O) groups excluding carboxylic acids is 1. The summed E-state index contributed by atoms with van der Waals surface area (Å²) in [4.78, 5) is 28.1. The zero-order valence-electron chi connectivity index (χ0n) is 18.6. The Labute approximate surface area is 184 Å². The standard InChI is InChI=1S/C25H32N2O4/c1-3-23(30)31-27-17-5-7-18-16(14-17)4-6-20-19(18)8-10-24(2)21(20)9-11-25(24,12-13-26)15-22(28)29/h14,20-21H,3-12,15H2,1-2H3,(H,28,29)/t20?,21?,24-,25-/m0/s1. The van der Waals surface area contributed by atoms with Crippen LogP contribution in [0.1, 0.15) is 84.5 Å². The highest BCUT2D eigenvalue weighted by Crippen LogP contribution is 2.68. The third-order valence-electron chi connectivity index (χ3n) is 8.74. The van der Waals surface area contributed by atoms with Crippen LogP contribution in [0.4, 0.5) is 0 Å². The highest BCUT2D eigenvalue weighted by molar-refractivity contribution is 5.97. The van der Waals surface area contributed by atoms with Gasteiger partial charge in [0, 0.05) is 12.8 Å². The number of carboxylic acids is 1. The molecule has 4 rings (SSSR count). The van der Waals surface area contributed by atoms with Crippen molar-refractivity contribution in [3.8, 4) is 6.07 Å². The minimum atomic E-state index is -0.780. The maximum Gasteiger partial charge on any atom is 0.334 e. The molecule has 4 atom stereocenters. The number of nitriles is 1. The van der Waals surface area contributed by atoms with Gasteiger partial charge in [-0.25, -0.2) is 4.79 Å². The van der Waals surface area contributed by atoms with Gasteiger partial charge in [-0.1, -0.05) is 24.6 Å². The Morgan fingerprint density at radius 3 is 2.77 bits per heavy atom. The lowest BCUT2D eigenvalue weighted by Crippen LogP contribution is -2.46. The van der Waals surface area contributed by atoms with E-state index in [1.165, 1.54) is 11.1 Å². The summed E-state index contributed by atoms with van der Waals surface area (Å²) in [7, 11) is 0. The maximum absolute atomic E-state index is 11.7. The quantitative estimate of drug-likeness (QED) is 0.476. The fraction of sp³-hybridized carbons (Fsp3) is 0.680. The van der Waals surface area contributed by atoms with E-state index < -0.39 is 11.4 Å². The largest absolute Gasteiger partial charge is 0.481 e. The third kappa shape index (κ3) is 3.62. The molecule has 0 aromatic heterocycles. The summed E-state index contributed by atoms with van der Waals surface area (Å²) < 4.78 is 0. The summed E-state index contributed by atoms with van der Waals surface area (Å²) in [5.41, 5.74) is 4.71. The van der Waals surface area contributed by atoms with Crippen LogP contribution in [0.2, 0.25) is 0 Å². The van der Waals surface area contributed by atoms with Gasteiger partial charge in [-0.2, -0.15) is 5.26 Å². The predicted molar refractivity (Wildman–Crippen MR) is 116 cm³/mol. The van der Waals surface area contributed by atoms with Gasteiger partial charge in [0.15, 0.2) is 0 Å². The van der Waals surface area contributed by atoms with Crippen LogP contribution in [-0.2, 0) is 14.4 Å². The summed E-state index contributed by atoms with van der Waals surface area (Å²) in [5, 5.41) is 23.2. The lowest BCUT2D eigenvalue weighted by atomic mass is 9.51. The highest BCUT2D eigenvalue weighted by atomic mass is 16.7. The molecule has 6 heteroatoms. The van der Waals surface area contributed by atoms with Crippen molar-refractivity contribution in [3.05, 3.63) is 22.8 Å². The van der Waals surface area contributed by atoms with Crippen LogP contribution in [0.3, 0.4) is 0 Å². The van der Waals surface area contributed by atoms with Crippen LogP contribution in [0.25, 0.3) is 0 Å². The Hall–Kier alpha value is -2.42. The molecular formula is C25H32N2O4. The van der Waals surface area contributed by atoms with Gasteiger partial charge in [0.2, 0.25) is 0 Å². The molecule has 2 saturated carbocycles. The molecule has 0 aromatic carbocycles. The van der Waals surface area contributed by atoms with Gasteiger partial charge in [-0.3, -0.25) is 4.79 Å². The first-order valence-corrected chi connectivity index (χ1v) is 11.6. The summed E-state index contributed by atoms with van der Waals surface area (Å²) in [6, 6.07) is 2.33. The van der Waals surface area contributed by atoms with Crippen LogP contribution in [0.15, 0.2) is 28.0 Å². The van der Waals surface area contributed by atoms with Crippen molar-refractivity contribution < 1.29 is 19.5 Å². The number of oxime groups is 1. The SMILES string of the molecule is CCC(=O)ON=C1C=C2CCC3C(=C2CC1)CC[C@@]1(C)C3CC[C@]1(CC#N)CC(=O)O. The zero-order valence-corrected chi connectivity index (χ0v) is 18.6. The third-order valence-corrected chi connectivity index (χ3v) is 8.74. The Balaban J connectivity index is 1.61. The van der Waals surface area contributed by atoms with Crippen molar-refractivity contribution >= 4 is 17.7 Å². The number of allylic oxidation sites excluding steroid dienone is 4. The molecule has 4 aliphatic rings. The normalized spacial score (nSPS) is 35.5. The van der Waals surface area contributed by atoms with Crippen molar-refractivity contribution in [2.75, 3.05) is 0 Å². The minimum absolute atomic E-state index is 0.0906. The second kappa shape index (κ2) is 8.26. The van der Waals surface area contributed by atoms with E-state index in [9.17, 15) is 20.0 Å². The number of aliphatic carboxylic acids is 1. The van der Waals surface area contributed by atoms with E-state index in [0.717, 1.165) is 57.1 Å². The lowest BCUT2D eigenvalue weighted by Gasteiger charge is -2.53. The molecule has 0 saturated heterocycles. The molecule has 0 aliphatic heterocycles. The molecule has 2 fully saturated rings. The van der Waals surface area contributed by atoms with Gasteiger partial charge < -0.3 is 9.94 Å². The van der Waals surface area contributed by atoms with Gasteiger partial charge in [-0.05, 0) is 91.3 Å². The Morgan fingerprint density at radius 1 is 1.26 bits per heavy atom. The molecular weight excluding hydrogens is 392 g/mol. The van der Waals surface area contributed by atoms with E-state index in [-0.39, 0.29) is 17.8 Å². The van der Waals surface area contributed by atoms with Crippen LogP contribution in [0, 0.1) is 34.0 Å². The van der Waals surface area contributed by atoms with Crippen molar-refractivity contribution in [3.63, 3.8) is 0 Å². The average molecular weight is 425 g/mol. The van der Waals surface area contributed by atoms with Gasteiger partial charge >= 0.3 is 11.9 Å². The van der Waals surface area contributed by atoms with Crippen molar-refractivity contribution in [1.29, 1.82) is 5.26 Å². The molecule has 6 nitrogen and oxygen atoms in total. The number of carboxylic acid groups (broad SMARTS) is 1. The van der Waals surface area contributed by atoms with E-state index in [1.807, 2.05) is 0 Å². The first kappa shape index (κ1) is 21.8. The number of carbonyl (C=O) groups is 2. The predicted octanol–water partition coefficient (Wildman–Crippen LogP) is 5.31. The van der Waals surface area contributed by atoms with Crippen LogP contribution in [-0.4, -0.2) is 22.8 Å². The topological polar surface area (TPSA) is 99.8 Å². The Morgan fingerprint density at radius 2 is 2.06 bits per heavy atom. The minimum Gasteiger partial charge on any atom is -0.481 e. The van der Waals surface area contributed by atoms with E-state index in [1.54, 1.807) is 12.5 Å². The Kier molecular flexibility index (Phi) is 5.81. The zero-order chi connectivity index (χ0) is 22.2. The van der Waals surface area contributed by atoms with Crippen molar-refractivity contribution in [2.45, 2.75) is 84.5 Å². The van der Waals surface area contributed by atoms with E-state index in [4.69, 9.17) is 4.84 Å². The van der Waals surface area contributed by atoms with Crippen LogP contribution >= 0.6 is 0 Å². The second-order valence-electron chi connectivity index (χ2n) is 9.97. The Bertz CT molecular complexity index is 924. The first-order chi connectivity index (χ1) is 14.8. The number of fused-ring (bicyclic) bond motifs is 4. The van der Waals surface area contributed by atoms with Crippen LogP contribution < -0.4 is 0 Å². The summed E-state index contributed by atoms with van der Waals surface area (Å²) in [5.74, 6) is -0.137. The maximum atomic E-state index is 11.7. The molecule has 1 N–H and O–H groups in total. The number of nitrogens with zero attached hydrogens (tertiary/aromatic N) is 2. The molecule has 0 bridgehead atoms. The van der Waals surface area contributed by atoms with E-state index in [0.29, 0.717) is 24.7 Å². The molecule has 0 spiro atoms. The molecule has 0 heterocycles. The monoisotopic (exact) mass is 424 g/mol. The van der Waals surface area contributed by atoms with Gasteiger partial charge in [0.1, 0.15) is 0 Å². The molecule has 2 unspecified atom stereocenters. The number of hydrogen-bond donors (Lipinski definition) is 1. The molecule has 0 radical (unpaired) electrons. The van der Waals surface area contributed by atoms with Gasteiger partial charge in [0.25, 0.3) is 0 Å². The molecule has 0 aromatic rings. The van der Waals surface area contributed by atoms with Crippen molar-refractivity contribution in [1.82, 2.24) is 0 Å². The summed E-state index contributed by atoms with van der Waals surface area (Å²) in [6.07, 6.45) is 10.5. The number of hydrogen-bond acceptors (Lipinski definition) is 5. The van der Waals surface area contributed by atoms with E-state index in [2.05, 4.69) is 24.2 Å². The van der Waals surface area contributed by atoms with Crippen molar-refractivity contribution in [2.24, 2.45) is 27.8 Å². The summed E-state index contributed by atoms with van der Waals surface area (Å²) in [6.45, 7) is 4.03. The fourth-order valence-corrected chi connectivity index (χ4v) is 7.10. The molecule has 31 heavy (non-hydrogen) atoms. The molecule has 166 valence electrons.